The number of aromatic nitrogens is 2. The molecule has 3 aromatic rings. The van der Waals surface area contributed by atoms with Gasteiger partial charge in [0.25, 0.3) is 5.91 Å². The van der Waals surface area contributed by atoms with Crippen molar-refractivity contribution in [1.82, 2.24) is 9.97 Å². The molecule has 2 aromatic heterocycles. The predicted molar refractivity (Wildman–Crippen MR) is 86.6 cm³/mol. The number of amides is 1. The summed E-state index contributed by atoms with van der Waals surface area (Å²) < 4.78 is 0.885. The van der Waals surface area contributed by atoms with Gasteiger partial charge in [0, 0.05) is 28.4 Å². The van der Waals surface area contributed by atoms with Crippen LogP contribution < -0.4 is 5.32 Å². The van der Waals surface area contributed by atoms with E-state index in [9.17, 15) is 4.79 Å². The Morgan fingerprint density at radius 1 is 1.24 bits per heavy atom. The van der Waals surface area contributed by atoms with Crippen molar-refractivity contribution in [2.45, 2.75) is 0 Å². The Balaban J connectivity index is 1.99. The average Bonchev–Trinajstić information content (AvgIpc) is 2.47. The largest absolute Gasteiger partial charge is 0.320 e. The van der Waals surface area contributed by atoms with Crippen LogP contribution in [0.3, 0.4) is 0 Å². The third-order valence-electron chi connectivity index (χ3n) is 2.94. The fourth-order valence-corrected chi connectivity index (χ4v) is 2.54. The standard InChI is InChI=1S/C15H9BrClN3O/c16-10-6-9-2-1-3-13(14(9)19-7-10)20-15(21)11-4-5-18-8-12(11)17/h1-8H,(H,20,21). The van der Waals surface area contributed by atoms with Gasteiger partial charge in [0.05, 0.1) is 21.8 Å². The van der Waals surface area contributed by atoms with Crippen LogP contribution in [0.25, 0.3) is 10.9 Å². The molecule has 0 aliphatic rings. The van der Waals surface area contributed by atoms with Gasteiger partial charge in [-0.1, -0.05) is 23.7 Å². The second-order valence-corrected chi connectivity index (χ2v) is 5.66. The summed E-state index contributed by atoms with van der Waals surface area (Å²) in [5, 5.41) is 4.08. The van der Waals surface area contributed by atoms with E-state index in [2.05, 4.69) is 31.2 Å². The molecule has 0 radical (unpaired) electrons. The van der Waals surface area contributed by atoms with Crippen molar-refractivity contribution in [2.24, 2.45) is 0 Å². The number of carbonyl (C=O) groups is 1. The zero-order valence-corrected chi connectivity index (χ0v) is 13.0. The number of carbonyl (C=O) groups excluding carboxylic acids is 1. The number of hydrogen-bond acceptors (Lipinski definition) is 3. The van der Waals surface area contributed by atoms with Gasteiger partial charge in [-0.15, -0.1) is 0 Å². The molecule has 0 aliphatic carbocycles. The Labute approximate surface area is 134 Å². The number of pyridine rings is 2. The van der Waals surface area contributed by atoms with E-state index in [1.54, 1.807) is 18.3 Å². The summed E-state index contributed by atoms with van der Waals surface area (Å²) in [5.74, 6) is -0.292. The van der Waals surface area contributed by atoms with Crippen LogP contribution in [0.5, 0.6) is 0 Å². The van der Waals surface area contributed by atoms with E-state index >= 15 is 0 Å². The first-order chi connectivity index (χ1) is 10.1. The molecule has 0 spiro atoms. The molecule has 3 rings (SSSR count). The Bertz CT molecular complexity index is 838. The smallest absolute Gasteiger partial charge is 0.257 e. The highest BCUT2D eigenvalue weighted by Crippen LogP contribution is 2.25. The first-order valence-corrected chi connectivity index (χ1v) is 7.27. The predicted octanol–water partition coefficient (Wildman–Crippen LogP) is 4.30. The molecule has 21 heavy (non-hydrogen) atoms. The Hall–Kier alpha value is -1.98. The van der Waals surface area contributed by atoms with Gasteiger partial charge in [-0.25, -0.2) is 0 Å². The number of hydrogen-bond donors (Lipinski definition) is 1. The molecule has 4 nitrogen and oxygen atoms in total. The first-order valence-electron chi connectivity index (χ1n) is 6.10. The van der Waals surface area contributed by atoms with Crippen molar-refractivity contribution in [1.29, 1.82) is 0 Å². The number of fused-ring (bicyclic) bond motifs is 1. The molecule has 0 aliphatic heterocycles. The molecular formula is C15H9BrClN3O. The molecule has 1 amide bonds. The third-order valence-corrected chi connectivity index (χ3v) is 3.68. The zero-order chi connectivity index (χ0) is 14.8. The molecule has 1 N–H and O–H groups in total. The summed E-state index contributed by atoms with van der Waals surface area (Å²) in [6, 6.07) is 9.11. The molecule has 0 atom stereocenters. The molecular weight excluding hydrogens is 354 g/mol. The number of nitrogens with zero attached hydrogens (tertiary/aromatic N) is 2. The van der Waals surface area contributed by atoms with E-state index in [0.29, 0.717) is 16.3 Å². The fourth-order valence-electron chi connectivity index (χ4n) is 1.98. The van der Waals surface area contributed by atoms with Crippen LogP contribution >= 0.6 is 27.5 Å². The van der Waals surface area contributed by atoms with E-state index in [1.807, 2.05) is 18.2 Å². The second-order valence-electron chi connectivity index (χ2n) is 4.34. The van der Waals surface area contributed by atoms with E-state index in [0.717, 1.165) is 15.4 Å². The molecule has 1 aromatic carbocycles. The number of benzene rings is 1. The monoisotopic (exact) mass is 361 g/mol. The molecule has 104 valence electrons. The summed E-state index contributed by atoms with van der Waals surface area (Å²) in [4.78, 5) is 20.5. The van der Waals surface area contributed by atoms with Crippen LogP contribution in [0.4, 0.5) is 5.69 Å². The van der Waals surface area contributed by atoms with Crippen LogP contribution in [0, 0.1) is 0 Å². The molecule has 0 unspecified atom stereocenters. The number of anilines is 1. The van der Waals surface area contributed by atoms with Crippen molar-refractivity contribution in [3.63, 3.8) is 0 Å². The lowest BCUT2D eigenvalue weighted by Gasteiger charge is -2.09. The minimum absolute atomic E-state index is 0.292. The number of rotatable bonds is 2. The minimum atomic E-state index is -0.292. The maximum atomic E-state index is 12.3. The Morgan fingerprint density at radius 2 is 2.10 bits per heavy atom. The second kappa shape index (κ2) is 5.79. The highest BCUT2D eigenvalue weighted by molar-refractivity contribution is 9.10. The van der Waals surface area contributed by atoms with Crippen LogP contribution in [-0.4, -0.2) is 15.9 Å². The van der Waals surface area contributed by atoms with Crippen molar-refractivity contribution in [2.75, 3.05) is 5.32 Å². The highest BCUT2D eigenvalue weighted by atomic mass is 79.9. The van der Waals surface area contributed by atoms with Gasteiger partial charge in [-0.3, -0.25) is 14.8 Å². The fraction of sp³-hybridized carbons (Fsp3) is 0. The third kappa shape index (κ3) is 2.89. The molecule has 2 heterocycles. The normalized spacial score (nSPS) is 10.6. The summed E-state index contributed by atoms with van der Waals surface area (Å²) in [6.45, 7) is 0. The molecule has 0 saturated carbocycles. The first kappa shape index (κ1) is 14.0. The van der Waals surface area contributed by atoms with Gasteiger partial charge in [-0.2, -0.15) is 0 Å². The minimum Gasteiger partial charge on any atom is -0.320 e. The summed E-state index contributed by atoms with van der Waals surface area (Å²) in [5.41, 5.74) is 1.73. The molecule has 0 bridgehead atoms. The van der Waals surface area contributed by atoms with E-state index in [-0.39, 0.29) is 5.91 Å². The molecule has 6 heteroatoms. The van der Waals surface area contributed by atoms with Crippen LogP contribution in [0.15, 0.2) is 53.4 Å². The number of nitrogens with one attached hydrogen (secondary N) is 1. The summed E-state index contributed by atoms with van der Waals surface area (Å²) in [7, 11) is 0. The topological polar surface area (TPSA) is 54.9 Å². The van der Waals surface area contributed by atoms with Crippen molar-refractivity contribution in [3.05, 3.63) is 64.0 Å². The average molecular weight is 363 g/mol. The Morgan fingerprint density at radius 3 is 2.90 bits per heavy atom. The zero-order valence-electron chi connectivity index (χ0n) is 10.7. The van der Waals surface area contributed by atoms with Gasteiger partial charge >= 0.3 is 0 Å². The van der Waals surface area contributed by atoms with Crippen LogP contribution in [-0.2, 0) is 0 Å². The van der Waals surface area contributed by atoms with Gasteiger partial charge < -0.3 is 5.32 Å². The maximum Gasteiger partial charge on any atom is 0.257 e. The lowest BCUT2D eigenvalue weighted by Crippen LogP contribution is -2.13. The van der Waals surface area contributed by atoms with Gasteiger partial charge in [0.1, 0.15) is 0 Å². The van der Waals surface area contributed by atoms with Crippen LogP contribution in [0.2, 0.25) is 5.02 Å². The lowest BCUT2D eigenvalue weighted by molar-refractivity contribution is 0.102. The lowest BCUT2D eigenvalue weighted by atomic mass is 10.2. The Kier molecular flexibility index (Phi) is 3.86. The van der Waals surface area contributed by atoms with Crippen molar-refractivity contribution < 1.29 is 4.79 Å². The van der Waals surface area contributed by atoms with Crippen molar-refractivity contribution >= 4 is 50.0 Å². The SMILES string of the molecule is O=C(Nc1cccc2cc(Br)cnc12)c1ccncc1Cl. The maximum absolute atomic E-state index is 12.3. The van der Waals surface area contributed by atoms with E-state index < -0.39 is 0 Å². The molecule has 0 saturated heterocycles. The van der Waals surface area contributed by atoms with Gasteiger partial charge in [-0.05, 0) is 34.1 Å². The quantitative estimate of drug-likeness (QED) is 0.739. The van der Waals surface area contributed by atoms with E-state index in [1.165, 1.54) is 12.4 Å². The van der Waals surface area contributed by atoms with Crippen molar-refractivity contribution in [3.8, 4) is 0 Å². The summed E-state index contributed by atoms with van der Waals surface area (Å²) in [6.07, 6.45) is 4.66. The van der Waals surface area contributed by atoms with Gasteiger partial charge in [0.15, 0.2) is 0 Å². The number of halogens is 2. The molecule has 0 fully saturated rings. The summed E-state index contributed by atoms with van der Waals surface area (Å²) >= 11 is 9.36. The highest BCUT2D eigenvalue weighted by Gasteiger charge is 2.12. The van der Waals surface area contributed by atoms with Gasteiger partial charge in [0.2, 0.25) is 0 Å². The van der Waals surface area contributed by atoms with Crippen LogP contribution in [0.1, 0.15) is 10.4 Å². The number of para-hydroxylation sites is 1. The van der Waals surface area contributed by atoms with E-state index in [4.69, 9.17) is 11.6 Å².